The van der Waals surface area contributed by atoms with Gasteiger partial charge in [-0.2, -0.15) is 0 Å². The van der Waals surface area contributed by atoms with Gasteiger partial charge in [-0.1, -0.05) is 158 Å². The van der Waals surface area contributed by atoms with Crippen molar-refractivity contribution in [2.75, 3.05) is 9.80 Å². The number of fused-ring (bicyclic) bond motifs is 2. The van der Waals surface area contributed by atoms with Gasteiger partial charge in [0, 0.05) is 44.8 Å². The summed E-state index contributed by atoms with van der Waals surface area (Å²) in [5.41, 5.74) is 15.8. The average Bonchev–Trinajstić information content (AvgIpc) is 3.34. The molecule has 0 bridgehead atoms. The molecule has 288 valence electrons. The van der Waals surface area contributed by atoms with E-state index in [2.05, 4.69) is 252 Å². The van der Waals surface area contributed by atoms with Crippen molar-refractivity contribution >= 4 is 44.9 Å². The highest BCUT2D eigenvalue weighted by Crippen LogP contribution is 2.51. The average molecular weight is 781 g/mol. The van der Waals surface area contributed by atoms with E-state index in [1.165, 1.54) is 27.8 Å². The molecular formula is C58H40N2O. The van der Waals surface area contributed by atoms with Crippen LogP contribution in [0.15, 0.2) is 243 Å². The first-order valence-corrected chi connectivity index (χ1v) is 20.7. The topological polar surface area (TPSA) is 15.7 Å². The first-order chi connectivity index (χ1) is 30.2. The molecule has 0 spiro atoms. The van der Waals surface area contributed by atoms with Gasteiger partial charge < -0.3 is 14.5 Å². The van der Waals surface area contributed by atoms with Crippen LogP contribution in [0.2, 0.25) is 0 Å². The molecule has 3 heteroatoms. The van der Waals surface area contributed by atoms with E-state index in [-0.39, 0.29) is 0 Å². The number of benzene rings is 10. The maximum Gasteiger partial charge on any atom is 0.136 e. The molecule has 0 amide bonds. The molecule has 0 saturated carbocycles. The molecule has 0 saturated heterocycles. The SMILES string of the molecule is c1ccc(-c2ccc(N(c3ccc(-c4ccccc4)cc3)c3ccc(-c4ccc5c(c4)Oc4ccc(N(c6ccccc6)c6ccccc6)c6cccc-5c46)cc3)cc2)cc1. The third kappa shape index (κ3) is 6.78. The molecule has 0 radical (unpaired) electrons. The number of nitrogens with zero attached hydrogens (tertiary/aromatic N) is 2. The van der Waals surface area contributed by atoms with Crippen LogP contribution in [0.25, 0.3) is 55.3 Å². The maximum absolute atomic E-state index is 6.79. The molecule has 11 rings (SSSR count). The molecule has 0 unspecified atom stereocenters. The summed E-state index contributed by atoms with van der Waals surface area (Å²) in [5.74, 6) is 1.72. The molecule has 1 heterocycles. The van der Waals surface area contributed by atoms with E-state index in [4.69, 9.17) is 4.74 Å². The molecule has 0 atom stereocenters. The monoisotopic (exact) mass is 780 g/mol. The second-order valence-electron chi connectivity index (χ2n) is 15.3. The van der Waals surface area contributed by atoms with Crippen LogP contribution >= 0.6 is 0 Å². The minimum absolute atomic E-state index is 0.857. The summed E-state index contributed by atoms with van der Waals surface area (Å²) in [4.78, 5) is 4.65. The van der Waals surface area contributed by atoms with Crippen LogP contribution in [0.4, 0.5) is 34.1 Å². The van der Waals surface area contributed by atoms with Crippen LogP contribution in [0, 0.1) is 0 Å². The molecule has 0 aromatic heterocycles. The second kappa shape index (κ2) is 15.6. The van der Waals surface area contributed by atoms with Gasteiger partial charge in [-0.05, 0) is 124 Å². The Morgan fingerprint density at radius 3 is 1.20 bits per heavy atom. The molecule has 0 N–H and O–H groups in total. The van der Waals surface area contributed by atoms with Crippen molar-refractivity contribution in [1.29, 1.82) is 0 Å². The fourth-order valence-corrected chi connectivity index (χ4v) is 8.69. The van der Waals surface area contributed by atoms with Crippen molar-refractivity contribution in [3.8, 4) is 56.0 Å². The van der Waals surface area contributed by atoms with E-state index >= 15 is 0 Å². The number of rotatable bonds is 9. The lowest BCUT2D eigenvalue weighted by Gasteiger charge is -2.29. The Balaban J connectivity index is 0.935. The summed E-state index contributed by atoms with van der Waals surface area (Å²) in [6.45, 7) is 0. The van der Waals surface area contributed by atoms with Gasteiger partial charge in [0.25, 0.3) is 0 Å². The predicted octanol–water partition coefficient (Wildman–Crippen LogP) is 16.6. The Labute approximate surface area is 356 Å². The van der Waals surface area contributed by atoms with Gasteiger partial charge in [0.05, 0.1) is 5.69 Å². The van der Waals surface area contributed by atoms with Crippen LogP contribution in [0.1, 0.15) is 0 Å². The van der Waals surface area contributed by atoms with Crippen molar-refractivity contribution in [2.45, 2.75) is 0 Å². The Bertz CT molecular complexity index is 2990. The predicted molar refractivity (Wildman–Crippen MR) is 255 cm³/mol. The molecule has 0 fully saturated rings. The second-order valence-corrected chi connectivity index (χ2v) is 15.3. The highest BCUT2D eigenvalue weighted by Gasteiger charge is 2.24. The maximum atomic E-state index is 6.79. The highest BCUT2D eigenvalue weighted by molar-refractivity contribution is 6.11. The largest absolute Gasteiger partial charge is 0.456 e. The molecule has 0 aliphatic carbocycles. The van der Waals surface area contributed by atoms with Crippen molar-refractivity contribution in [3.63, 3.8) is 0 Å². The minimum Gasteiger partial charge on any atom is -0.456 e. The molecular weight excluding hydrogens is 741 g/mol. The zero-order valence-electron chi connectivity index (χ0n) is 33.4. The molecule has 10 aromatic rings. The number of hydrogen-bond donors (Lipinski definition) is 0. The van der Waals surface area contributed by atoms with E-state index in [0.29, 0.717) is 0 Å². The standard InChI is InChI=1S/C58H40N2O/c1-5-14-41(15-6-1)43-24-31-49(32-25-43)59(50-33-26-44(27-34-50)42-16-7-2-8-17-42)51-35-28-45(29-36-51)46-30-37-52-53-22-13-23-54-55(38-39-56(58(53)54)61-57(52)40-46)60(47-18-9-3-10-19-47)48-20-11-4-12-21-48/h1-40H. The zero-order chi connectivity index (χ0) is 40.5. The van der Waals surface area contributed by atoms with Crippen molar-refractivity contribution in [3.05, 3.63) is 243 Å². The lowest BCUT2D eigenvalue weighted by Crippen LogP contribution is -2.11. The molecule has 3 nitrogen and oxygen atoms in total. The smallest absolute Gasteiger partial charge is 0.136 e. The van der Waals surface area contributed by atoms with Gasteiger partial charge in [0.2, 0.25) is 0 Å². The normalized spacial score (nSPS) is 11.4. The fourth-order valence-electron chi connectivity index (χ4n) is 8.69. The Kier molecular flexibility index (Phi) is 9.18. The van der Waals surface area contributed by atoms with Crippen LogP contribution in [-0.4, -0.2) is 0 Å². The number of para-hydroxylation sites is 2. The first kappa shape index (κ1) is 36.0. The zero-order valence-corrected chi connectivity index (χ0v) is 33.4. The van der Waals surface area contributed by atoms with Gasteiger partial charge in [-0.15, -0.1) is 0 Å². The van der Waals surface area contributed by atoms with Gasteiger partial charge in [-0.25, -0.2) is 0 Å². The number of hydrogen-bond acceptors (Lipinski definition) is 3. The van der Waals surface area contributed by atoms with Crippen molar-refractivity contribution < 1.29 is 4.74 Å². The molecule has 1 aliphatic heterocycles. The molecule has 10 aromatic carbocycles. The number of anilines is 6. The Morgan fingerprint density at radius 2 is 0.689 bits per heavy atom. The van der Waals surface area contributed by atoms with E-state index in [1.807, 2.05) is 0 Å². The quantitative estimate of drug-likeness (QED) is 0.145. The molecule has 1 aliphatic rings. The minimum atomic E-state index is 0.857. The summed E-state index contributed by atoms with van der Waals surface area (Å²) in [6.07, 6.45) is 0. The third-order valence-corrected chi connectivity index (χ3v) is 11.7. The summed E-state index contributed by atoms with van der Waals surface area (Å²) in [6, 6.07) is 86.2. The van der Waals surface area contributed by atoms with E-state index < -0.39 is 0 Å². The van der Waals surface area contributed by atoms with Crippen molar-refractivity contribution in [2.24, 2.45) is 0 Å². The van der Waals surface area contributed by atoms with Crippen molar-refractivity contribution in [1.82, 2.24) is 0 Å². The first-order valence-electron chi connectivity index (χ1n) is 20.7. The van der Waals surface area contributed by atoms with Crippen LogP contribution in [0.5, 0.6) is 11.5 Å². The Hall–Kier alpha value is -8.14. The van der Waals surface area contributed by atoms with Crippen LogP contribution in [-0.2, 0) is 0 Å². The van der Waals surface area contributed by atoms with E-state index in [9.17, 15) is 0 Å². The van der Waals surface area contributed by atoms with E-state index in [1.54, 1.807) is 0 Å². The number of ether oxygens (including phenoxy) is 1. The summed E-state index contributed by atoms with van der Waals surface area (Å²) < 4.78 is 6.79. The summed E-state index contributed by atoms with van der Waals surface area (Å²) in [7, 11) is 0. The Morgan fingerprint density at radius 1 is 0.262 bits per heavy atom. The van der Waals surface area contributed by atoms with Crippen LogP contribution < -0.4 is 14.5 Å². The lowest BCUT2D eigenvalue weighted by molar-refractivity contribution is 0.487. The summed E-state index contributed by atoms with van der Waals surface area (Å²) in [5, 5.41) is 2.26. The van der Waals surface area contributed by atoms with Gasteiger partial charge in [0.1, 0.15) is 11.5 Å². The van der Waals surface area contributed by atoms with Gasteiger partial charge >= 0.3 is 0 Å². The highest BCUT2D eigenvalue weighted by atomic mass is 16.5. The summed E-state index contributed by atoms with van der Waals surface area (Å²) >= 11 is 0. The fraction of sp³-hybridized carbons (Fsp3) is 0. The molecule has 61 heavy (non-hydrogen) atoms. The lowest BCUT2D eigenvalue weighted by atomic mass is 9.92. The van der Waals surface area contributed by atoms with Gasteiger partial charge in [0.15, 0.2) is 0 Å². The van der Waals surface area contributed by atoms with Gasteiger partial charge in [-0.3, -0.25) is 0 Å². The third-order valence-electron chi connectivity index (χ3n) is 11.7. The van der Waals surface area contributed by atoms with Crippen LogP contribution in [0.3, 0.4) is 0 Å². The van der Waals surface area contributed by atoms with E-state index in [0.717, 1.165) is 73.1 Å².